The SMILES string of the molecule is COc1ccc2nc(NC(=O)[C@H](CC3CCCCC3)n3c(C)cc(S(=O)(=O)C4CC4)cc3=O)sc2n1. The van der Waals surface area contributed by atoms with Gasteiger partial charge >= 0.3 is 0 Å². The monoisotopic (exact) mass is 530 g/mol. The molecule has 0 unspecified atom stereocenters. The highest BCUT2D eigenvalue weighted by Gasteiger charge is 2.38. The lowest BCUT2D eigenvalue weighted by atomic mass is 9.84. The number of hydrogen-bond donors (Lipinski definition) is 1. The van der Waals surface area contributed by atoms with Crippen molar-refractivity contribution in [2.24, 2.45) is 5.92 Å². The number of sulfone groups is 1. The van der Waals surface area contributed by atoms with Gasteiger partial charge in [-0.05, 0) is 44.2 Å². The number of carbonyl (C=O) groups is 1. The van der Waals surface area contributed by atoms with Gasteiger partial charge in [-0.25, -0.2) is 18.4 Å². The van der Waals surface area contributed by atoms with Crippen LogP contribution in [0.15, 0.2) is 34.0 Å². The molecule has 0 saturated heterocycles. The zero-order chi connectivity index (χ0) is 25.4. The van der Waals surface area contributed by atoms with Gasteiger partial charge in [-0.1, -0.05) is 43.4 Å². The van der Waals surface area contributed by atoms with Crippen LogP contribution >= 0.6 is 11.3 Å². The van der Waals surface area contributed by atoms with E-state index in [-0.39, 0.29) is 10.8 Å². The summed E-state index contributed by atoms with van der Waals surface area (Å²) in [6.07, 6.45) is 7.18. The highest BCUT2D eigenvalue weighted by Crippen LogP contribution is 2.35. The first-order valence-electron chi connectivity index (χ1n) is 12.4. The van der Waals surface area contributed by atoms with E-state index < -0.39 is 26.7 Å². The van der Waals surface area contributed by atoms with Gasteiger partial charge in [0, 0.05) is 17.8 Å². The van der Waals surface area contributed by atoms with Crippen molar-refractivity contribution >= 4 is 42.6 Å². The van der Waals surface area contributed by atoms with Crippen LogP contribution in [0.2, 0.25) is 0 Å². The number of anilines is 1. The molecule has 3 aromatic rings. The number of thiazole rings is 1. The van der Waals surface area contributed by atoms with E-state index in [0.29, 0.717) is 52.2 Å². The van der Waals surface area contributed by atoms with E-state index in [4.69, 9.17) is 4.74 Å². The van der Waals surface area contributed by atoms with Gasteiger partial charge in [0.2, 0.25) is 11.8 Å². The van der Waals surface area contributed by atoms with Crippen LogP contribution in [0.4, 0.5) is 5.13 Å². The molecule has 1 N–H and O–H groups in total. The molecular weight excluding hydrogens is 500 g/mol. The largest absolute Gasteiger partial charge is 0.481 e. The molecule has 1 amide bonds. The third-order valence-corrected chi connectivity index (χ3v) is 10.2. The Balaban J connectivity index is 1.47. The summed E-state index contributed by atoms with van der Waals surface area (Å²) in [4.78, 5) is 36.4. The zero-order valence-corrected chi connectivity index (χ0v) is 22.0. The van der Waals surface area contributed by atoms with Crippen LogP contribution in [-0.4, -0.2) is 41.2 Å². The zero-order valence-electron chi connectivity index (χ0n) is 20.4. The van der Waals surface area contributed by atoms with Crippen molar-refractivity contribution in [3.8, 4) is 5.88 Å². The molecule has 2 saturated carbocycles. The van der Waals surface area contributed by atoms with Crippen molar-refractivity contribution in [2.45, 2.75) is 74.5 Å². The predicted molar refractivity (Wildman–Crippen MR) is 138 cm³/mol. The van der Waals surface area contributed by atoms with Crippen LogP contribution < -0.4 is 15.6 Å². The Morgan fingerprint density at radius 3 is 2.58 bits per heavy atom. The molecule has 3 heterocycles. The van der Waals surface area contributed by atoms with Gasteiger partial charge in [0.15, 0.2) is 15.0 Å². The number of hydrogen-bond acceptors (Lipinski definition) is 8. The number of pyridine rings is 2. The first-order chi connectivity index (χ1) is 17.3. The molecular formula is C25H30N4O5S2. The van der Waals surface area contributed by atoms with Crippen molar-refractivity contribution in [2.75, 3.05) is 12.4 Å². The number of aromatic nitrogens is 3. The van der Waals surface area contributed by atoms with E-state index in [1.54, 1.807) is 19.1 Å². The van der Waals surface area contributed by atoms with Crippen molar-refractivity contribution in [3.05, 3.63) is 40.3 Å². The van der Waals surface area contributed by atoms with E-state index in [2.05, 4.69) is 15.3 Å². The van der Waals surface area contributed by atoms with E-state index in [1.165, 1.54) is 41.6 Å². The van der Waals surface area contributed by atoms with Crippen LogP contribution in [0.3, 0.4) is 0 Å². The minimum absolute atomic E-state index is 0.0479. The van der Waals surface area contributed by atoms with Gasteiger partial charge in [0.05, 0.1) is 17.3 Å². The highest BCUT2D eigenvalue weighted by molar-refractivity contribution is 7.92. The number of ether oxygens (including phenoxy) is 1. The molecule has 2 aliphatic rings. The van der Waals surface area contributed by atoms with Gasteiger partial charge in [-0.2, -0.15) is 0 Å². The summed E-state index contributed by atoms with van der Waals surface area (Å²) in [6.45, 7) is 1.70. The standard InChI is InChI=1S/C25H30N4O5S2/c1-15-12-18(36(32,33)17-8-9-17)14-22(30)29(15)20(13-16-6-4-3-5-7-16)23(31)28-25-26-19-10-11-21(34-2)27-24(19)35-25/h10-12,14,16-17,20H,3-9,13H2,1-2H3,(H,26,28,31)/t20-/m0/s1. The highest BCUT2D eigenvalue weighted by atomic mass is 32.2. The van der Waals surface area contributed by atoms with Crippen LogP contribution in [0.1, 0.15) is 63.1 Å². The number of nitrogens with zero attached hydrogens (tertiary/aromatic N) is 3. The number of methoxy groups -OCH3 is 1. The second kappa shape index (κ2) is 9.93. The summed E-state index contributed by atoms with van der Waals surface area (Å²) < 4.78 is 32.1. The smallest absolute Gasteiger partial charge is 0.252 e. The van der Waals surface area contributed by atoms with E-state index in [0.717, 1.165) is 25.7 Å². The molecule has 2 fully saturated rings. The second-order valence-electron chi connectivity index (χ2n) is 9.73. The molecule has 0 bridgehead atoms. The Bertz CT molecular complexity index is 1450. The average molecular weight is 531 g/mol. The lowest BCUT2D eigenvalue weighted by Gasteiger charge is -2.28. The van der Waals surface area contributed by atoms with Crippen LogP contribution in [0.25, 0.3) is 10.3 Å². The maximum Gasteiger partial charge on any atom is 0.252 e. The molecule has 0 spiro atoms. The Kier molecular flexibility index (Phi) is 6.86. The number of fused-ring (bicyclic) bond motifs is 1. The number of nitrogens with one attached hydrogen (secondary N) is 1. The van der Waals surface area contributed by atoms with Crippen LogP contribution in [-0.2, 0) is 14.6 Å². The minimum Gasteiger partial charge on any atom is -0.481 e. The number of carbonyl (C=O) groups excluding carboxylic acids is 1. The summed E-state index contributed by atoms with van der Waals surface area (Å²) >= 11 is 1.24. The van der Waals surface area contributed by atoms with E-state index >= 15 is 0 Å². The maximum absolute atomic E-state index is 13.6. The quantitative estimate of drug-likeness (QED) is 0.462. The lowest BCUT2D eigenvalue weighted by Crippen LogP contribution is -2.36. The van der Waals surface area contributed by atoms with Gasteiger partial charge in [0.25, 0.3) is 5.56 Å². The van der Waals surface area contributed by atoms with Crippen molar-refractivity contribution in [1.82, 2.24) is 14.5 Å². The Labute approximate surface area is 213 Å². The Morgan fingerprint density at radius 2 is 1.92 bits per heavy atom. The van der Waals surface area contributed by atoms with Crippen molar-refractivity contribution in [3.63, 3.8) is 0 Å². The fraction of sp³-hybridized carbons (Fsp3) is 0.520. The molecule has 3 aromatic heterocycles. The minimum atomic E-state index is -3.51. The maximum atomic E-state index is 13.6. The Hall–Kier alpha value is -2.79. The molecule has 9 nitrogen and oxygen atoms in total. The summed E-state index contributed by atoms with van der Waals surface area (Å²) in [5.41, 5.74) is 0.636. The average Bonchev–Trinajstić information content (AvgIpc) is 3.64. The third kappa shape index (κ3) is 5.04. The molecule has 2 aliphatic carbocycles. The number of amides is 1. The molecule has 36 heavy (non-hydrogen) atoms. The van der Waals surface area contributed by atoms with E-state index in [1.807, 2.05) is 0 Å². The molecule has 0 radical (unpaired) electrons. The fourth-order valence-electron chi connectivity index (χ4n) is 5.04. The third-order valence-electron chi connectivity index (χ3n) is 7.09. The van der Waals surface area contributed by atoms with Crippen molar-refractivity contribution < 1.29 is 17.9 Å². The summed E-state index contributed by atoms with van der Waals surface area (Å²) in [5.74, 6) is 0.439. The second-order valence-corrected chi connectivity index (χ2v) is 12.9. The topological polar surface area (TPSA) is 120 Å². The van der Waals surface area contributed by atoms with Gasteiger partial charge < -0.3 is 14.6 Å². The summed E-state index contributed by atoms with van der Waals surface area (Å²) in [6, 6.07) is 5.42. The van der Waals surface area contributed by atoms with Crippen molar-refractivity contribution in [1.29, 1.82) is 0 Å². The van der Waals surface area contributed by atoms with Crippen LogP contribution in [0, 0.1) is 12.8 Å². The van der Waals surface area contributed by atoms with Gasteiger partial charge in [-0.3, -0.25) is 9.59 Å². The van der Waals surface area contributed by atoms with Gasteiger partial charge in [-0.15, -0.1) is 0 Å². The molecule has 1 atom stereocenters. The van der Waals surface area contributed by atoms with Crippen LogP contribution in [0.5, 0.6) is 5.88 Å². The summed E-state index contributed by atoms with van der Waals surface area (Å²) in [7, 11) is -1.97. The molecule has 192 valence electrons. The normalized spacial score (nSPS) is 17.7. The predicted octanol–water partition coefficient (Wildman–Crippen LogP) is 4.26. The first-order valence-corrected chi connectivity index (χ1v) is 14.7. The lowest BCUT2D eigenvalue weighted by molar-refractivity contribution is -0.120. The first kappa shape index (κ1) is 24.9. The summed E-state index contributed by atoms with van der Waals surface area (Å²) in [5, 5.41) is 2.88. The molecule has 0 aliphatic heterocycles. The Morgan fingerprint density at radius 1 is 1.17 bits per heavy atom. The molecule has 11 heteroatoms. The van der Waals surface area contributed by atoms with E-state index in [9.17, 15) is 18.0 Å². The molecule has 5 rings (SSSR count). The molecule has 0 aromatic carbocycles. The van der Waals surface area contributed by atoms with Gasteiger partial charge in [0.1, 0.15) is 16.4 Å². The number of rotatable bonds is 8. The fourth-order valence-corrected chi connectivity index (χ4v) is 7.61. The number of aryl methyl sites for hydroxylation is 1.